The molecule has 1 rings (SSSR count). The highest BCUT2D eigenvalue weighted by Crippen LogP contribution is 2.20. The van der Waals surface area contributed by atoms with Crippen LogP contribution in [0.5, 0.6) is 0 Å². The van der Waals surface area contributed by atoms with E-state index in [1.165, 1.54) is 7.11 Å². The van der Waals surface area contributed by atoms with E-state index >= 15 is 0 Å². The Labute approximate surface area is 65.7 Å². The zero-order chi connectivity index (χ0) is 8.43. The summed E-state index contributed by atoms with van der Waals surface area (Å²) in [7, 11) is 1.52. The maximum Gasteiger partial charge on any atom is 0.157 e. The van der Waals surface area contributed by atoms with Gasteiger partial charge in [0.15, 0.2) is 6.29 Å². The second kappa shape index (κ2) is 3.49. The van der Waals surface area contributed by atoms with Gasteiger partial charge in [0, 0.05) is 13.5 Å². The average Bonchev–Trinajstić information content (AvgIpc) is 1.85. The van der Waals surface area contributed by atoms with Crippen molar-refractivity contribution in [1.82, 2.24) is 0 Å². The van der Waals surface area contributed by atoms with E-state index in [9.17, 15) is 5.11 Å². The van der Waals surface area contributed by atoms with Crippen LogP contribution in [0, 0.1) is 0 Å². The van der Waals surface area contributed by atoms with Crippen molar-refractivity contribution in [2.75, 3.05) is 7.11 Å². The van der Waals surface area contributed by atoms with Crippen LogP contribution in [0.1, 0.15) is 13.3 Å². The molecule has 0 radical (unpaired) electrons. The van der Waals surface area contributed by atoms with E-state index in [1.54, 1.807) is 6.92 Å². The molecule has 66 valence electrons. The van der Waals surface area contributed by atoms with Crippen LogP contribution < -0.4 is 0 Å². The van der Waals surface area contributed by atoms with Gasteiger partial charge in [-0.05, 0) is 6.92 Å². The SMILES string of the molecule is CO[C@H]1[C@H](O)C[C@@H](O)O[C@@H]1C. The number of aliphatic hydroxyl groups is 2. The molecule has 4 heteroatoms. The fourth-order valence-corrected chi connectivity index (χ4v) is 1.38. The minimum atomic E-state index is -0.855. The number of hydrogen-bond donors (Lipinski definition) is 2. The van der Waals surface area contributed by atoms with Gasteiger partial charge in [-0.3, -0.25) is 0 Å². The fourth-order valence-electron chi connectivity index (χ4n) is 1.38. The standard InChI is InChI=1S/C7H14O4/c1-4-7(10-2)5(8)3-6(9)11-4/h4-9H,3H2,1-2H3/t4-,5-,6+,7-/m1/s1. The highest BCUT2D eigenvalue weighted by molar-refractivity contribution is 4.80. The van der Waals surface area contributed by atoms with Crippen LogP contribution in [0.15, 0.2) is 0 Å². The van der Waals surface area contributed by atoms with Crippen LogP contribution in [0.2, 0.25) is 0 Å². The molecule has 0 aromatic carbocycles. The van der Waals surface area contributed by atoms with E-state index < -0.39 is 12.4 Å². The molecule has 1 heterocycles. The molecule has 0 amide bonds. The van der Waals surface area contributed by atoms with Gasteiger partial charge in [-0.1, -0.05) is 0 Å². The summed E-state index contributed by atoms with van der Waals surface area (Å²) in [6.07, 6.45) is -1.83. The summed E-state index contributed by atoms with van der Waals surface area (Å²) >= 11 is 0. The van der Waals surface area contributed by atoms with Gasteiger partial charge in [-0.25, -0.2) is 0 Å². The van der Waals surface area contributed by atoms with Crippen LogP contribution in [0.3, 0.4) is 0 Å². The average molecular weight is 162 g/mol. The van der Waals surface area contributed by atoms with Crippen molar-refractivity contribution in [2.24, 2.45) is 0 Å². The minimum Gasteiger partial charge on any atom is -0.390 e. The van der Waals surface area contributed by atoms with Crippen LogP contribution in [0.25, 0.3) is 0 Å². The van der Waals surface area contributed by atoms with E-state index in [-0.39, 0.29) is 18.6 Å². The highest BCUT2D eigenvalue weighted by atomic mass is 16.6. The second-order valence-corrected chi connectivity index (χ2v) is 2.80. The Balaban J connectivity index is 2.52. The molecule has 1 saturated heterocycles. The first-order valence-electron chi connectivity index (χ1n) is 3.69. The number of methoxy groups -OCH3 is 1. The first kappa shape index (κ1) is 8.93. The molecule has 4 atom stereocenters. The largest absolute Gasteiger partial charge is 0.390 e. The van der Waals surface area contributed by atoms with Gasteiger partial charge in [0.25, 0.3) is 0 Å². The Morgan fingerprint density at radius 3 is 2.55 bits per heavy atom. The predicted octanol–water partition coefficient (Wildman–Crippen LogP) is -0.510. The summed E-state index contributed by atoms with van der Waals surface area (Å²) in [4.78, 5) is 0. The van der Waals surface area contributed by atoms with Gasteiger partial charge in [0.2, 0.25) is 0 Å². The third kappa shape index (κ3) is 1.90. The lowest BCUT2D eigenvalue weighted by molar-refractivity contribution is -0.232. The number of rotatable bonds is 1. The quantitative estimate of drug-likeness (QED) is 0.545. The van der Waals surface area contributed by atoms with E-state index in [1.807, 2.05) is 0 Å². The minimum absolute atomic E-state index is 0.225. The van der Waals surface area contributed by atoms with Crippen molar-refractivity contribution in [1.29, 1.82) is 0 Å². The number of ether oxygens (including phenoxy) is 2. The molecule has 0 aromatic rings. The summed E-state index contributed by atoms with van der Waals surface area (Å²) in [5.74, 6) is 0. The van der Waals surface area contributed by atoms with Crippen molar-refractivity contribution in [3.05, 3.63) is 0 Å². The molecule has 1 aliphatic heterocycles. The van der Waals surface area contributed by atoms with Crippen LogP contribution >= 0.6 is 0 Å². The lowest BCUT2D eigenvalue weighted by Crippen LogP contribution is -2.47. The number of aliphatic hydroxyl groups excluding tert-OH is 2. The summed E-state index contributed by atoms with van der Waals surface area (Å²) in [6.45, 7) is 1.76. The molecule has 0 saturated carbocycles. The molecule has 0 spiro atoms. The summed E-state index contributed by atoms with van der Waals surface area (Å²) < 4.78 is 10.0. The summed E-state index contributed by atoms with van der Waals surface area (Å²) in [6, 6.07) is 0. The topological polar surface area (TPSA) is 58.9 Å². The van der Waals surface area contributed by atoms with Gasteiger partial charge in [0.1, 0.15) is 6.10 Å². The Morgan fingerprint density at radius 1 is 1.45 bits per heavy atom. The molecule has 1 fully saturated rings. The van der Waals surface area contributed by atoms with Crippen molar-refractivity contribution in [3.63, 3.8) is 0 Å². The summed E-state index contributed by atoms with van der Waals surface area (Å²) in [5.41, 5.74) is 0. The first-order valence-corrected chi connectivity index (χ1v) is 3.69. The molecular weight excluding hydrogens is 148 g/mol. The Hall–Kier alpha value is -0.160. The molecular formula is C7H14O4. The maximum absolute atomic E-state index is 9.34. The third-order valence-corrected chi connectivity index (χ3v) is 1.93. The second-order valence-electron chi connectivity index (χ2n) is 2.80. The molecule has 4 nitrogen and oxygen atoms in total. The van der Waals surface area contributed by atoms with E-state index in [0.29, 0.717) is 0 Å². The molecule has 0 bridgehead atoms. The van der Waals surface area contributed by atoms with Crippen LogP contribution in [0.4, 0.5) is 0 Å². The Bertz CT molecular complexity index is 116. The van der Waals surface area contributed by atoms with Crippen molar-refractivity contribution < 1.29 is 19.7 Å². The monoisotopic (exact) mass is 162 g/mol. The molecule has 0 unspecified atom stereocenters. The van der Waals surface area contributed by atoms with Gasteiger partial charge in [0.05, 0.1) is 12.2 Å². The fraction of sp³-hybridized carbons (Fsp3) is 1.00. The molecule has 0 aliphatic carbocycles. The lowest BCUT2D eigenvalue weighted by Gasteiger charge is -2.34. The maximum atomic E-state index is 9.34. The highest BCUT2D eigenvalue weighted by Gasteiger charge is 2.34. The molecule has 11 heavy (non-hydrogen) atoms. The van der Waals surface area contributed by atoms with E-state index in [0.717, 1.165) is 0 Å². The van der Waals surface area contributed by atoms with Crippen molar-refractivity contribution >= 4 is 0 Å². The zero-order valence-corrected chi connectivity index (χ0v) is 6.73. The van der Waals surface area contributed by atoms with Gasteiger partial charge in [-0.15, -0.1) is 0 Å². The molecule has 1 aliphatic rings. The summed E-state index contributed by atoms with van der Waals surface area (Å²) in [5, 5.41) is 18.4. The van der Waals surface area contributed by atoms with Crippen LogP contribution in [-0.2, 0) is 9.47 Å². The van der Waals surface area contributed by atoms with Crippen molar-refractivity contribution in [3.8, 4) is 0 Å². The molecule has 2 N–H and O–H groups in total. The van der Waals surface area contributed by atoms with Crippen molar-refractivity contribution in [2.45, 2.75) is 37.9 Å². The third-order valence-electron chi connectivity index (χ3n) is 1.93. The van der Waals surface area contributed by atoms with Gasteiger partial charge in [-0.2, -0.15) is 0 Å². The normalized spacial score (nSPS) is 45.8. The molecule has 0 aromatic heterocycles. The van der Waals surface area contributed by atoms with E-state index in [4.69, 9.17) is 14.6 Å². The first-order chi connectivity index (χ1) is 5.15. The predicted molar refractivity (Wildman–Crippen MR) is 38.0 cm³/mol. The number of hydrogen-bond acceptors (Lipinski definition) is 4. The zero-order valence-electron chi connectivity index (χ0n) is 6.73. The smallest absolute Gasteiger partial charge is 0.157 e. The Kier molecular flexibility index (Phi) is 2.84. The van der Waals surface area contributed by atoms with E-state index in [2.05, 4.69) is 0 Å². The lowest BCUT2D eigenvalue weighted by atomic mass is 10.0. The Morgan fingerprint density at radius 2 is 2.09 bits per heavy atom. The van der Waals surface area contributed by atoms with Crippen LogP contribution in [-0.4, -0.2) is 41.9 Å². The van der Waals surface area contributed by atoms with Gasteiger partial charge >= 0.3 is 0 Å². The van der Waals surface area contributed by atoms with Gasteiger partial charge < -0.3 is 19.7 Å².